The lowest BCUT2D eigenvalue weighted by atomic mass is 10.1. The number of hydrogen-bond donors (Lipinski definition) is 0. The van der Waals surface area contributed by atoms with Gasteiger partial charge in [-0.1, -0.05) is 29.8 Å². The lowest BCUT2D eigenvalue weighted by Crippen LogP contribution is -2.48. The zero-order chi connectivity index (χ0) is 20.4. The van der Waals surface area contributed by atoms with Crippen molar-refractivity contribution >= 4 is 40.2 Å². The molecule has 3 aromatic rings. The Morgan fingerprint density at radius 1 is 0.966 bits per heavy atom. The molecule has 0 bridgehead atoms. The molecule has 0 atom stereocenters. The van der Waals surface area contributed by atoms with Gasteiger partial charge in [-0.2, -0.15) is 0 Å². The fraction of sp³-hybridized carbons (Fsp3) is 0.227. The van der Waals surface area contributed by atoms with Gasteiger partial charge in [-0.05, 0) is 49.6 Å². The number of para-hydroxylation sites is 1. The van der Waals surface area contributed by atoms with E-state index in [0.29, 0.717) is 34.8 Å². The van der Waals surface area contributed by atoms with E-state index in [9.17, 15) is 14.4 Å². The topological polar surface area (TPSA) is 70.8 Å². The molecule has 1 aliphatic heterocycles. The SMILES string of the molecule is O=C(c1cc(=O)c2ccccc2o1)N(C(=O)N1CCCCC1)c1cccc(Cl)c1. The number of hydrogen-bond acceptors (Lipinski definition) is 4. The quantitative estimate of drug-likeness (QED) is 0.614. The molecule has 0 spiro atoms. The number of imide groups is 1. The van der Waals surface area contributed by atoms with E-state index in [1.54, 1.807) is 53.4 Å². The Bertz CT molecular complexity index is 1130. The third kappa shape index (κ3) is 3.89. The van der Waals surface area contributed by atoms with Crippen molar-refractivity contribution in [3.05, 3.63) is 75.6 Å². The van der Waals surface area contributed by atoms with E-state index in [1.165, 1.54) is 0 Å². The van der Waals surface area contributed by atoms with E-state index < -0.39 is 11.9 Å². The lowest BCUT2D eigenvalue weighted by Gasteiger charge is -2.31. The van der Waals surface area contributed by atoms with Crippen LogP contribution in [0.15, 0.2) is 63.8 Å². The summed E-state index contributed by atoms with van der Waals surface area (Å²) in [4.78, 5) is 41.7. The van der Waals surface area contributed by atoms with E-state index in [0.717, 1.165) is 30.2 Å². The Hall–Kier alpha value is -3.12. The minimum atomic E-state index is -0.703. The second kappa shape index (κ2) is 8.09. The van der Waals surface area contributed by atoms with Crippen molar-refractivity contribution < 1.29 is 14.0 Å². The van der Waals surface area contributed by atoms with Gasteiger partial charge < -0.3 is 9.32 Å². The number of rotatable bonds is 2. The average Bonchev–Trinajstić information content (AvgIpc) is 2.74. The molecular formula is C22H19ClN2O4. The highest BCUT2D eigenvalue weighted by atomic mass is 35.5. The third-order valence-corrected chi connectivity index (χ3v) is 5.17. The minimum Gasteiger partial charge on any atom is -0.451 e. The maximum Gasteiger partial charge on any atom is 0.331 e. The molecule has 148 valence electrons. The number of carbonyl (C=O) groups excluding carboxylic acids is 2. The summed E-state index contributed by atoms with van der Waals surface area (Å²) in [5.74, 6) is -0.898. The van der Waals surface area contributed by atoms with Crippen molar-refractivity contribution in [1.29, 1.82) is 0 Å². The highest BCUT2D eigenvalue weighted by molar-refractivity contribution is 6.31. The first kappa shape index (κ1) is 19.2. The first-order valence-electron chi connectivity index (χ1n) is 9.46. The number of likely N-dealkylation sites (tertiary alicyclic amines) is 1. The normalized spacial score (nSPS) is 14.0. The smallest absolute Gasteiger partial charge is 0.331 e. The molecule has 0 saturated carbocycles. The van der Waals surface area contributed by atoms with Gasteiger partial charge in [-0.25, -0.2) is 9.69 Å². The molecule has 6 nitrogen and oxygen atoms in total. The fourth-order valence-corrected chi connectivity index (χ4v) is 3.66. The molecule has 0 radical (unpaired) electrons. The van der Waals surface area contributed by atoms with Gasteiger partial charge in [0.1, 0.15) is 5.58 Å². The first-order chi connectivity index (χ1) is 14.0. The van der Waals surface area contributed by atoms with Crippen molar-refractivity contribution in [1.82, 2.24) is 4.90 Å². The van der Waals surface area contributed by atoms with Crippen molar-refractivity contribution in [3.8, 4) is 0 Å². The fourth-order valence-electron chi connectivity index (χ4n) is 3.48. The van der Waals surface area contributed by atoms with Crippen LogP contribution in [-0.4, -0.2) is 29.9 Å². The molecule has 7 heteroatoms. The van der Waals surface area contributed by atoms with Gasteiger partial charge in [0, 0.05) is 24.2 Å². The summed E-state index contributed by atoms with van der Waals surface area (Å²) in [6.07, 6.45) is 2.82. The third-order valence-electron chi connectivity index (χ3n) is 4.93. The Morgan fingerprint density at radius 3 is 2.48 bits per heavy atom. The highest BCUT2D eigenvalue weighted by Crippen LogP contribution is 2.25. The van der Waals surface area contributed by atoms with E-state index in [4.69, 9.17) is 16.0 Å². The van der Waals surface area contributed by atoms with Crippen LogP contribution in [0.2, 0.25) is 5.02 Å². The predicted molar refractivity (Wildman–Crippen MR) is 112 cm³/mol. The molecule has 4 rings (SSSR count). The van der Waals surface area contributed by atoms with Gasteiger partial charge in [-0.15, -0.1) is 0 Å². The van der Waals surface area contributed by atoms with Crippen LogP contribution in [0.5, 0.6) is 0 Å². The molecule has 3 amide bonds. The summed E-state index contributed by atoms with van der Waals surface area (Å²) in [6.45, 7) is 1.15. The van der Waals surface area contributed by atoms with Crippen LogP contribution >= 0.6 is 11.6 Å². The number of benzene rings is 2. The average molecular weight is 411 g/mol. The number of anilines is 1. The number of urea groups is 1. The highest BCUT2D eigenvalue weighted by Gasteiger charge is 2.31. The number of fused-ring (bicyclic) bond motifs is 1. The maximum atomic E-state index is 13.3. The van der Waals surface area contributed by atoms with Crippen LogP contribution < -0.4 is 10.3 Å². The maximum absolute atomic E-state index is 13.3. The first-order valence-corrected chi connectivity index (χ1v) is 9.84. The Kier molecular flexibility index (Phi) is 5.36. The summed E-state index contributed by atoms with van der Waals surface area (Å²) < 4.78 is 5.68. The van der Waals surface area contributed by atoms with Crippen LogP contribution in [0.1, 0.15) is 29.8 Å². The van der Waals surface area contributed by atoms with Gasteiger partial charge in [0.15, 0.2) is 11.2 Å². The van der Waals surface area contributed by atoms with E-state index in [1.807, 2.05) is 0 Å². The molecule has 1 aromatic heterocycles. The largest absolute Gasteiger partial charge is 0.451 e. The summed E-state index contributed by atoms with van der Waals surface area (Å²) >= 11 is 6.10. The van der Waals surface area contributed by atoms with E-state index >= 15 is 0 Å². The number of halogens is 1. The van der Waals surface area contributed by atoms with Crippen LogP contribution in [0, 0.1) is 0 Å². The minimum absolute atomic E-state index is 0.195. The lowest BCUT2D eigenvalue weighted by molar-refractivity contribution is 0.0957. The van der Waals surface area contributed by atoms with Gasteiger partial charge in [0.2, 0.25) is 0 Å². The molecule has 2 aromatic carbocycles. The van der Waals surface area contributed by atoms with Gasteiger partial charge in [-0.3, -0.25) is 9.59 Å². The molecule has 29 heavy (non-hydrogen) atoms. The van der Waals surface area contributed by atoms with Gasteiger partial charge in [0.25, 0.3) is 0 Å². The Morgan fingerprint density at radius 2 is 1.72 bits per heavy atom. The number of amides is 3. The second-order valence-corrected chi connectivity index (χ2v) is 7.36. The van der Waals surface area contributed by atoms with Crippen molar-refractivity contribution in [3.63, 3.8) is 0 Å². The Labute approximate surface area is 172 Å². The van der Waals surface area contributed by atoms with Crippen molar-refractivity contribution in [2.24, 2.45) is 0 Å². The molecule has 0 unspecified atom stereocenters. The van der Waals surface area contributed by atoms with Crippen LogP contribution in [0.25, 0.3) is 11.0 Å². The molecule has 0 N–H and O–H groups in total. The van der Waals surface area contributed by atoms with Crippen LogP contribution in [0.3, 0.4) is 0 Å². The zero-order valence-corrected chi connectivity index (χ0v) is 16.4. The predicted octanol–water partition coefficient (Wildman–Crippen LogP) is 4.70. The summed E-state index contributed by atoms with van der Waals surface area (Å²) in [6, 6.07) is 13.9. The number of nitrogens with zero attached hydrogens (tertiary/aromatic N) is 2. The van der Waals surface area contributed by atoms with E-state index in [-0.39, 0.29) is 11.2 Å². The summed E-state index contributed by atoms with van der Waals surface area (Å²) in [7, 11) is 0. The molecule has 1 saturated heterocycles. The van der Waals surface area contributed by atoms with Crippen LogP contribution in [0.4, 0.5) is 10.5 Å². The second-order valence-electron chi connectivity index (χ2n) is 6.92. The Balaban J connectivity index is 1.79. The number of carbonyl (C=O) groups is 2. The van der Waals surface area contributed by atoms with Crippen molar-refractivity contribution in [2.75, 3.05) is 18.0 Å². The van der Waals surface area contributed by atoms with E-state index in [2.05, 4.69) is 0 Å². The molecule has 2 heterocycles. The molecule has 1 fully saturated rings. The monoisotopic (exact) mass is 410 g/mol. The van der Waals surface area contributed by atoms with Crippen LogP contribution in [-0.2, 0) is 0 Å². The molecular weight excluding hydrogens is 392 g/mol. The number of piperidine rings is 1. The van der Waals surface area contributed by atoms with Crippen molar-refractivity contribution in [2.45, 2.75) is 19.3 Å². The zero-order valence-electron chi connectivity index (χ0n) is 15.6. The van der Waals surface area contributed by atoms with Gasteiger partial charge in [0.05, 0.1) is 11.1 Å². The summed E-state index contributed by atoms with van der Waals surface area (Å²) in [5, 5.41) is 0.771. The summed E-state index contributed by atoms with van der Waals surface area (Å²) in [5.41, 5.74) is 0.278. The molecule has 0 aliphatic carbocycles. The standard InChI is InChI=1S/C22H19ClN2O4/c23-15-7-6-8-16(13-15)25(22(28)24-11-4-1-5-12-24)21(27)20-14-18(26)17-9-2-3-10-19(17)29-20/h2-3,6-10,13-14H,1,4-5,11-12H2. The van der Waals surface area contributed by atoms with Gasteiger partial charge >= 0.3 is 11.9 Å². The molecule has 1 aliphatic rings.